The quantitative estimate of drug-likeness (QED) is 0.134. The first-order valence-electron chi connectivity index (χ1n) is 10.5. The van der Waals surface area contributed by atoms with E-state index in [1.807, 2.05) is 13.8 Å². The summed E-state index contributed by atoms with van der Waals surface area (Å²) in [4.78, 5) is 35.0. The van der Waals surface area contributed by atoms with Gasteiger partial charge in [0.2, 0.25) is 0 Å². The second kappa shape index (κ2) is 19.6. The second-order valence-electron chi connectivity index (χ2n) is 6.56. The Labute approximate surface area is 184 Å². The van der Waals surface area contributed by atoms with Crippen molar-refractivity contribution in [2.24, 2.45) is 0 Å². The molecule has 180 valence electrons. The lowest BCUT2D eigenvalue weighted by molar-refractivity contribution is -0.143. The lowest BCUT2D eigenvalue weighted by atomic mass is 10.3. The summed E-state index contributed by atoms with van der Waals surface area (Å²) in [5, 5.41) is 0. The minimum absolute atomic E-state index is 0.00174. The Balaban J connectivity index is 4.30. The van der Waals surface area contributed by atoms with Crippen LogP contribution < -0.4 is 0 Å². The molecule has 0 aliphatic carbocycles. The van der Waals surface area contributed by atoms with Crippen molar-refractivity contribution in [2.45, 2.75) is 52.6 Å². The lowest BCUT2D eigenvalue weighted by Gasteiger charge is -2.17. The minimum Gasteiger partial charge on any atom is -0.458 e. The van der Waals surface area contributed by atoms with E-state index in [4.69, 9.17) is 33.2 Å². The van der Waals surface area contributed by atoms with Crippen molar-refractivity contribution in [3.8, 4) is 0 Å². The van der Waals surface area contributed by atoms with Crippen LogP contribution in [0.3, 0.4) is 0 Å². The number of carbonyl (C=O) groups is 3. The standard InChI is InChI=1S/C21H36O10/c1-5-7-9-25-11-13-27-20(23)30-16-18(15-29-19(22)17(3)4)31-21(24)28-14-12-26-10-8-6-2/h18H,3,5-16H2,1-2,4H3. The van der Waals surface area contributed by atoms with Gasteiger partial charge in [0.1, 0.15) is 26.4 Å². The molecular formula is C21H36O10. The molecule has 0 amide bonds. The van der Waals surface area contributed by atoms with E-state index in [9.17, 15) is 14.4 Å². The van der Waals surface area contributed by atoms with Crippen molar-refractivity contribution in [3.63, 3.8) is 0 Å². The van der Waals surface area contributed by atoms with Gasteiger partial charge in [0.15, 0.2) is 6.10 Å². The van der Waals surface area contributed by atoms with Crippen molar-refractivity contribution in [1.29, 1.82) is 0 Å². The van der Waals surface area contributed by atoms with E-state index in [0.717, 1.165) is 25.7 Å². The summed E-state index contributed by atoms with van der Waals surface area (Å²) < 4.78 is 35.2. The number of rotatable bonds is 18. The van der Waals surface area contributed by atoms with Crippen LogP contribution in [-0.2, 0) is 38.0 Å². The van der Waals surface area contributed by atoms with Gasteiger partial charge in [0.05, 0.1) is 13.2 Å². The molecule has 0 saturated carbocycles. The summed E-state index contributed by atoms with van der Waals surface area (Å²) in [6.45, 7) is 9.95. The largest absolute Gasteiger partial charge is 0.508 e. The topological polar surface area (TPSA) is 116 Å². The van der Waals surface area contributed by atoms with Crippen LogP contribution in [0, 0.1) is 0 Å². The molecular weight excluding hydrogens is 412 g/mol. The third-order valence-electron chi connectivity index (χ3n) is 3.58. The predicted molar refractivity (Wildman–Crippen MR) is 111 cm³/mol. The molecule has 0 spiro atoms. The number of unbranched alkanes of at least 4 members (excludes halogenated alkanes) is 2. The molecule has 0 saturated heterocycles. The van der Waals surface area contributed by atoms with Gasteiger partial charge in [-0.1, -0.05) is 33.3 Å². The number of hydrogen-bond donors (Lipinski definition) is 0. The van der Waals surface area contributed by atoms with Gasteiger partial charge in [-0.05, 0) is 19.8 Å². The van der Waals surface area contributed by atoms with Crippen molar-refractivity contribution in [2.75, 3.05) is 52.9 Å². The lowest BCUT2D eigenvalue weighted by Crippen LogP contribution is -2.31. The zero-order valence-electron chi connectivity index (χ0n) is 18.9. The van der Waals surface area contributed by atoms with Gasteiger partial charge >= 0.3 is 18.3 Å². The molecule has 0 aromatic heterocycles. The van der Waals surface area contributed by atoms with Crippen molar-refractivity contribution < 1.29 is 47.5 Å². The summed E-state index contributed by atoms with van der Waals surface area (Å²) in [7, 11) is 0. The van der Waals surface area contributed by atoms with Crippen LogP contribution in [0.25, 0.3) is 0 Å². The highest BCUT2D eigenvalue weighted by Gasteiger charge is 2.21. The van der Waals surface area contributed by atoms with E-state index in [1.165, 1.54) is 6.92 Å². The van der Waals surface area contributed by atoms with Crippen LogP contribution in [-0.4, -0.2) is 77.2 Å². The maximum Gasteiger partial charge on any atom is 0.508 e. The van der Waals surface area contributed by atoms with E-state index >= 15 is 0 Å². The van der Waals surface area contributed by atoms with Gasteiger partial charge in [0.25, 0.3) is 0 Å². The highest BCUT2D eigenvalue weighted by atomic mass is 16.8. The first-order valence-corrected chi connectivity index (χ1v) is 10.5. The number of ether oxygens (including phenoxy) is 7. The van der Waals surface area contributed by atoms with Crippen molar-refractivity contribution in [3.05, 3.63) is 12.2 Å². The molecule has 0 fully saturated rings. The first-order chi connectivity index (χ1) is 14.9. The van der Waals surface area contributed by atoms with Crippen molar-refractivity contribution in [1.82, 2.24) is 0 Å². The van der Waals surface area contributed by atoms with Crippen LogP contribution >= 0.6 is 0 Å². The molecule has 0 aliphatic heterocycles. The summed E-state index contributed by atoms with van der Waals surface area (Å²) >= 11 is 0. The summed E-state index contributed by atoms with van der Waals surface area (Å²) in [6.07, 6.45) is 0.807. The number of carbonyl (C=O) groups excluding carboxylic acids is 3. The molecule has 0 aromatic rings. The summed E-state index contributed by atoms with van der Waals surface area (Å²) in [6, 6.07) is 0. The van der Waals surface area contributed by atoms with Gasteiger partial charge in [-0.25, -0.2) is 14.4 Å². The van der Waals surface area contributed by atoms with Crippen LogP contribution in [0.4, 0.5) is 9.59 Å². The summed E-state index contributed by atoms with van der Waals surface area (Å²) in [5.41, 5.74) is 0.175. The third-order valence-corrected chi connectivity index (χ3v) is 3.58. The van der Waals surface area contributed by atoms with Gasteiger partial charge in [0, 0.05) is 18.8 Å². The van der Waals surface area contributed by atoms with E-state index in [0.29, 0.717) is 13.2 Å². The fourth-order valence-electron chi connectivity index (χ4n) is 1.85. The second-order valence-corrected chi connectivity index (χ2v) is 6.56. The fraction of sp³-hybridized carbons (Fsp3) is 0.762. The smallest absolute Gasteiger partial charge is 0.458 e. The molecule has 0 N–H and O–H groups in total. The molecule has 31 heavy (non-hydrogen) atoms. The fourth-order valence-corrected chi connectivity index (χ4v) is 1.85. The van der Waals surface area contributed by atoms with Crippen LogP contribution in [0.2, 0.25) is 0 Å². The SMILES string of the molecule is C=C(C)C(=O)OCC(COC(=O)OCCOCCCC)OC(=O)OCCOCCCC. The Hall–Kier alpha value is -2.33. The zero-order chi connectivity index (χ0) is 23.3. The molecule has 10 heteroatoms. The molecule has 0 heterocycles. The van der Waals surface area contributed by atoms with Crippen LogP contribution in [0.1, 0.15) is 46.5 Å². The number of hydrogen-bond acceptors (Lipinski definition) is 10. The first kappa shape index (κ1) is 28.7. The highest BCUT2D eigenvalue weighted by Crippen LogP contribution is 2.03. The maximum absolute atomic E-state index is 11.8. The molecule has 10 nitrogen and oxygen atoms in total. The molecule has 0 rings (SSSR count). The minimum atomic E-state index is -1.08. The molecule has 0 aromatic carbocycles. The Morgan fingerprint density at radius 1 is 0.710 bits per heavy atom. The van der Waals surface area contributed by atoms with E-state index in [1.54, 1.807) is 0 Å². The highest BCUT2D eigenvalue weighted by molar-refractivity contribution is 5.86. The number of esters is 1. The summed E-state index contributed by atoms with van der Waals surface area (Å²) in [5.74, 6) is -0.668. The Bertz CT molecular complexity index is 520. The molecule has 1 atom stereocenters. The molecule has 1 unspecified atom stereocenters. The zero-order valence-corrected chi connectivity index (χ0v) is 18.9. The molecule has 0 radical (unpaired) electrons. The third kappa shape index (κ3) is 18.2. The maximum atomic E-state index is 11.8. The predicted octanol–water partition coefficient (Wildman–Crippen LogP) is 3.41. The van der Waals surface area contributed by atoms with Crippen LogP contribution in [0.5, 0.6) is 0 Å². The van der Waals surface area contributed by atoms with E-state index in [2.05, 4.69) is 6.58 Å². The van der Waals surface area contributed by atoms with Crippen LogP contribution in [0.15, 0.2) is 12.2 Å². The van der Waals surface area contributed by atoms with Gasteiger partial charge in [-0.3, -0.25) is 0 Å². The van der Waals surface area contributed by atoms with Gasteiger partial charge in [-0.2, -0.15) is 0 Å². The Morgan fingerprint density at radius 3 is 1.74 bits per heavy atom. The average molecular weight is 449 g/mol. The average Bonchev–Trinajstić information content (AvgIpc) is 2.74. The van der Waals surface area contributed by atoms with Crippen molar-refractivity contribution >= 4 is 18.3 Å². The van der Waals surface area contributed by atoms with Gasteiger partial charge in [-0.15, -0.1) is 0 Å². The van der Waals surface area contributed by atoms with E-state index in [-0.39, 0.29) is 45.2 Å². The normalized spacial score (nSPS) is 11.3. The Morgan fingerprint density at radius 2 is 1.23 bits per heavy atom. The van der Waals surface area contributed by atoms with Gasteiger partial charge < -0.3 is 33.2 Å². The van der Waals surface area contributed by atoms with E-state index < -0.39 is 24.4 Å². The molecule has 0 aliphatic rings. The molecule has 0 bridgehead atoms. The Kier molecular flexibility index (Phi) is 18.1. The monoisotopic (exact) mass is 448 g/mol.